The average Bonchev–Trinajstić information content (AvgIpc) is 3.40. The molecule has 0 spiro atoms. The van der Waals surface area contributed by atoms with E-state index in [0.717, 1.165) is 103 Å². The van der Waals surface area contributed by atoms with Crippen molar-refractivity contribution in [3.8, 4) is 0 Å². The molecule has 1 amide bonds. The molecule has 0 aliphatic heterocycles. The Morgan fingerprint density at radius 2 is 0.833 bits per heavy atom. The second kappa shape index (κ2) is 56.7. The molecule has 0 saturated carbocycles. The molecule has 0 fully saturated rings. The number of nitrogens with one attached hydrogen (secondary N) is 1. The van der Waals surface area contributed by atoms with Crippen LogP contribution in [0.1, 0.15) is 245 Å². The molecule has 0 aromatic heterocycles. The molecule has 0 aliphatic rings. The molecule has 10 heteroatoms. The molecule has 0 rings (SSSR count). The molecule has 2 N–H and O–H groups in total. The number of rotatable bonds is 55. The number of carbonyl (C=O) groups excluding carboxylic acids is 2. The molecule has 3 unspecified atom stereocenters. The van der Waals surface area contributed by atoms with Gasteiger partial charge in [-0.1, -0.05) is 245 Å². The van der Waals surface area contributed by atoms with Gasteiger partial charge in [-0.15, -0.1) is 0 Å². The van der Waals surface area contributed by atoms with E-state index in [0.29, 0.717) is 23.9 Å². The molecular formula is C68H118N2O7P+. The van der Waals surface area contributed by atoms with Crippen LogP contribution < -0.4 is 5.32 Å². The van der Waals surface area contributed by atoms with Crippen LogP contribution in [0.25, 0.3) is 0 Å². The quantitative estimate of drug-likeness (QED) is 0.0205. The summed E-state index contributed by atoms with van der Waals surface area (Å²) in [6.07, 6.45) is 79.2. The summed E-state index contributed by atoms with van der Waals surface area (Å²) >= 11 is 0. The highest BCUT2D eigenvalue weighted by atomic mass is 31.2. The number of allylic oxidation sites excluding steroid dienone is 19. The highest BCUT2D eigenvalue weighted by Crippen LogP contribution is 2.43. The molecule has 0 radical (unpaired) electrons. The van der Waals surface area contributed by atoms with Crippen LogP contribution in [-0.4, -0.2) is 74.3 Å². The van der Waals surface area contributed by atoms with Gasteiger partial charge in [-0.3, -0.25) is 18.6 Å². The molecule has 78 heavy (non-hydrogen) atoms. The highest BCUT2D eigenvalue weighted by Gasteiger charge is 2.30. The molecule has 0 aromatic carbocycles. The van der Waals surface area contributed by atoms with Crippen molar-refractivity contribution in [3.63, 3.8) is 0 Å². The molecular weight excluding hydrogens is 988 g/mol. The fourth-order valence-electron chi connectivity index (χ4n) is 8.32. The van der Waals surface area contributed by atoms with Gasteiger partial charge in [-0.05, 0) is 109 Å². The lowest BCUT2D eigenvalue weighted by Crippen LogP contribution is -2.47. The van der Waals surface area contributed by atoms with Crippen molar-refractivity contribution in [2.75, 3.05) is 40.9 Å². The van der Waals surface area contributed by atoms with Gasteiger partial charge < -0.3 is 19.4 Å². The van der Waals surface area contributed by atoms with E-state index >= 15 is 0 Å². The summed E-state index contributed by atoms with van der Waals surface area (Å²) in [7, 11) is 1.44. The number of hydrogen-bond donors (Lipinski definition) is 2. The average molecular weight is 1110 g/mol. The predicted molar refractivity (Wildman–Crippen MR) is 336 cm³/mol. The third-order valence-electron chi connectivity index (χ3n) is 13.1. The maximum Gasteiger partial charge on any atom is 0.472 e. The van der Waals surface area contributed by atoms with E-state index in [1.165, 1.54) is 103 Å². The molecule has 9 nitrogen and oxygen atoms in total. The second-order valence-corrected chi connectivity index (χ2v) is 23.3. The number of nitrogens with zero attached hydrogens (tertiary/aromatic N) is 1. The first-order chi connectivity index (χ1) is 37.9. The lowest BCUT2D eigenvalue weighted by Gasteiger charge is -2.27. The third-order valence-corrected chi connectivity index (χ3v) is 14.1. The Morgan fingerprint density at radius 1 is 0.462 bits per heavy atom. The minimum Gasteiger partial charge on any atom is -0.456 e. The van der Waals surface area contributed by atoms with Crippen molar-refractivity contribution in [3.05, 3.63) is 122 Å². The van der Waals surface area contributed by atoms with Crippen molar-refractivity contribution in [2.45, 2.75) is 258 Å². The SMILES string of the molecule is CC/C=C\C/C=C\C/C=C\C/C=C\C/C=C\C/C=C\CCC(=O)OC(/C=C/CCCCCCCCCCCC)C(COP(=O)(O)OCC[N+](C)(C)C)NC(=O)CCCCCCCCCC/C=C\C/C=C\C/C=C\CCCCC. The first-order valence-electron chi connectivity index (χ1n) is 31.4. The monoisotopic (exact) mass is 1110 g/mol. The number of hydrogen-bond acceptors (Lipinski definition) is 6. The first-order valence-corrected chi connectivity index (χ1v) is 32.9. The predicted octanol–water partition coefficient (Wildman–Crippen LogP) is 19.5. The molecule has 0 bridgehead atoms. The summed E-state index contributed by atoms with van der Waals surface area (Å²) in [5.41, 5.74) is 0. The smallest absolute Gasteiger partial charge is 0.456 e. The van der Waals surface area contributed by atoms with Gasteiger partial charge in [0, 0.05) is 12.8 Å². The number of unbranched alkanes of at least 4 members (excludes halogenated alkanes) is 21. The lowest BCUT2D eigenvalue weighted by atomic mass is 10.0. The molecule has 0 saturated heterocycles. The van der Waals surface area contributed by atoms with Gasteiger partial charge in [0.1, 0.15) is 19.3 Å². The third kappa shape index (κ3) is 57.1. The molecule has 0 aromatic rings. The van der Waals surface area contributed by atoms with E-state index in [4.69, 9.17) is 13.8 Å². The van der Waals surface area contributed by atoms with E-state index < -0.39 is 25.9 Å². The van der Waals surface area contributed by atoms with Crippen molar-refractivity contribution < 1.29 is 37.3 Å². The van der Waals surface area contributed by atoms with Crippen LogP contribution in [0.3, 0.4) is 0 Å². The number of amides is 1. The summed E-state index contributed by atoms with van der Waals surface area (Å²) in [6.45, 7) is 6.80. The van der Waals surface area contributed by atoms with Crippen LogP contribution >= 0.6 is 7.82 Å². The molecule has 446 valence electrons. The van der Waals surface area contributed by atoms with E-state index in [2.05, 4.69) is 129 Å². The van der Waals surface area contributed by atoms with Gasteiger partial charge >= 0.3 is 13.8 Å². The summed E-state index contributed by atoms with van der Waals surface area (Å²) in [5.74, 6) is -0.618. The van der Waals surface area contributed by atoms with Crippen LogP contribution in [-0.2, 0) is 27.9 Å². The van der Waals surface area contributed by atoms with Crippen LogP contribution in [0.5, 0.6) is 0 Å². The molecule has 0 aliphatic carbocycles. The largest absolute Gasteiger partial charge is 0.472 e. The van der Waals surface area contributed by atoms with E-state index in [-0.39, 0.29) is 25.5 Å². The Morgan fingerprint density at radius 3 is 1.28 bits per heavy atom. The number of phosphoric ester groups is 1. The number of phosphoric acid groups is 1. The van der Waals surface area contributed by atoms with Crippen molar-refractivity contribution in [2.24, 2.45) is 0 Å². The highest BCUT2D eigenvalue weighted by molar-refractivity contribution is 7.47. The maximum atomic E-state index is 13.6. The Bertz CT molecular complexity index is 1750. The summed E-state index contributed by atoms with van der Waals surface area (Å²) in [5, 5.41) is 3.03. The lowest BCUT2D eigenvalue weighted by molar-refractivity contribution is -0.870. The van der Waals surface area contributed by atoms with Crippen molar-refractivity contribution in [1.29, 1.82) is 0 Å². The van der Waals surface area contributed by atoms with Crippen molar-refractivity contribution >= 4 is 19.7 Å². The first kappa shape index (κ1) is 74.4. The van der Waals surface area contributed by atoms with E-state index in [1.807, 2.05) is 39.4 Å². The van der Waals surface area contributed by atoms with Crippen molar-refractivity contribution in [1.82, 2.24) is 5.32 Å². The normalized spacial score (nSPS) is 14.5. The van der Waals surface area contributed by atoms with Crippen LogP contribution in [0, 0.1) is 0 Å². The Kier molecular flexibility index (Phi) is 54.1. The van der Waals surface area contributed by atoms with Crippen LogP contribution in [0.15, 0.2) is 122 Å². The molecule has 0 heterocycles. The van der Waals surface area contributed by atoms with Gasteiger partial charge in [0.05, 0.1) is 33.8 Å². The van der Waals surface area contributed by atoms with Gasteiger partial charge in [0.15, 0.2) is 0 Å². The number of quaternary nitrogens is 1. The zero-order valence-corrected chi connectivity index (χ0v) is 51.8. The minimum atomic E-state index is -4.48. The Labute approximate surface area is 480 Å². The van der Waals surface area contributed by atoms with Crippen LogP contribution in [0.4, 0.5) is 0 Å². The zero-order valence-electron chi connectivity index (χ0n) is 50.9. The molecule has 3 atom stereocenters. The van der Waals surface area contributed by atoms with Crippen LogP contribution in [0.2, 0.25) is 0 Å². The minimum absolute atomic E-state index is 0.0212. The second-order valence-electron chi connectivity index (χ2n) is 21.8. The Hall–Kier alpha value is -3.59. The Balaban J connectivity index is 5.37. The number of esters is 1. The summed E-state index contributed by atoms with van der Waals surface area (Å²) < 4.78 is 30.6. The number of ether oxygens (including phenoxy) is 1. The van der Waals surface area contributed by atoms with E-state index in [1.54, 1.807) is 0 Å². The maximum absolute atomic E-state index is 13.6. The number of likely N-dealkylation sites (N-methyl/N-ethyl adjacent to an activating group) is 1. The topological polar surface area (TPSA) is 111 Å². The number of carbonyl (C=O) groups is 2. The fraction of sp³-hybridized carbons (Fsp3) is 0.676. The summed E-state index contributed by atoms with van der Waals surface area (Å²) in [6, 6.07) is -0.891. The van der Waals surface area contributed by atoms with Gasteiger partial charge in [0.2, 0.25) is 5.91 Å². The standard InChI is InChI=1S/C68H117N2O7P/c1-7-10-13-16-19-22-25-28-30-32-34-35-37-38-40-42-45-48-51-54-57-60-67(71)69-65(64-76-78(73,74)75-63-62-70(4,5)6)66(59-56-53-50-47-44-27-24-21-18-15-12-9-3)77-68(72)61-58-55-52-49-46-43-41-39-36-33-31-29-26-23-20-17-14-11-8-2/h11,14,19-20,22-23,28-31,34-36,39,43,46,52,55-56,59,65-66H,7-10,12-13,15-18,21,24-27,32-33,37-38,40-42,44-45,47-51,53-54,57-58,60-64H2,1-6H3,(H-,69,71,73,74)/p+1/b14-11-,22-19-,23-20-,30-28-,31-29-,35-34-,39-36-,46-43-,55-52-,59-56+. The van der Waals surface area contributed by atoms with Gasteiger partial charge in [0.25, 0.3) is 0 Å². The summed E-state index contributed by atoms with van der Waals surface area (Å²) in [4.78, 5) is 37.7. The zero-order chi connectivity index (χ0) is 57.2. The van der Waals surface area contributed by atoms with Gasteiger partial charge in [-0.25, -0.2) is 4.57 Å². The van der Waals surface area contributed by atoms with Gasteiger partial charge in [-0.2, -0.15) is 0 Å². The van der Waals surface area contributed by atoms with E-state index in [9.17, 15) is 19.0 Å². The fourth-order valence-corrected chi connectivity index (χ4v) is 9.06.